The van der Waals surface area contributed by atoms with E-state index in [2.05, 4.69) is 5.29 Å². The lowest BCUT2D eigenvalue weighted by Crippen LogP contribution is -2.45. The van der Waals surface area contributed by atoms with E-state index in [-0.39, 0.29) is 0 Å². The van der Waals surface area contributed by atoms with Crippen molar-refractivity contribution in [2.45, 2.75) is 38.0 Å². The lowest BCUT2D eigenvalue weighted by atomic mass is 9.69. The quantitative estimate of drug-likeness (QED) is 0.764. The van der Waals surface area contributed by atoms with Gasteiger partial charge in [-0.25, -0.2) is 0 Å². The van der Waals surface area contributed by atoms with Gasteiger partial charge in [-0.15, -0.1) is 4.91 Å². The molecule has 0 N–H and O–H groups in total. The molecular weight excluding hydrogens is 240 g/mol. The molecule has 4 nitrogen and oxygen atoms in total. The van der Waals surface area contributed by atoms with Crippen LogP contribution in [0.2, 0.25) is 0 Å². The van der Waals surface area contributed by atoms with Crippen LogP contribution < -0.4 is 0 Å². The van der Waals surface area contributed by atoms with Crippen molar-refractivity contribution in [2.75, 3.05) is 13.1 Å². The van der Waals surface area contributed by atoms with E-state index >= 15 is 0 Å². The zero-order valence-electron chi connectivity index (χ0n) is 11.3. The Labute approximate surface area is 113 Å². The van der Waals surface area contributed by atoms with Gasteiger partial charge in [-0.3, -0.25) is 9.80 Å². The fourth-order valence-corrected chi connectivity index (χ4v) is 2.91. The molecule has 0 aromatic heterocycles. The molecule has 0 bridgehead atoms. The van der Waals surface area contributed by atoms with Crippen molar-refractivity contribution in [3.8, 4) is 0 Å². The van der Waals surface area contributed by atoms with Gasteiger partial charge in [-0.1, -0.05) is 37.3 Å². The van der Waals surface area contributed by atoms with Gasteiger partial charge in [0.1, 0.15) is 5.78 Å². The molecule has 0 radical (unpaired) electrons. The van der Waals surface area contributed by atoms with Crippen molar-refractivity contribution in [3.63, 3.8) is 0 Å². The van der Waals surface area contributed by atoms with Crippen LogP contribution in [0.25, 0.3) is 0 Å². The predicted octanol–water partition coefficient (Wildman–Crippen LogP) is 3.07. The van der Waals surface area contributed by atoms with E-state index in [0.717, 1.165) is 12.0 Å². The number of carbonyl (C=O) groups excluding carboxylic acids is 1. The molecule has 0 saturated carbocycles. The molecule has 1 fully saturated rings. The highest BCUT2D eigenvalue weighted by molar-refractivity contribution is 5.90. The highest BCUT2D eigenvalue weighted by Crippen LogP contribution is 2.37. The molecule has 0 aliphatic carbocycles. The second-order valence-corrected chi connectivity index (χ2v) is 5.16. The molecule has 102 valence electrons. The third kappa shape index (κ3) is 2.67. The minimum atomic E-state index is -0.418. The minimum Gasteiger partial charge on any atom is -0.299 e. The average Bonchev–Trinajstić information content (AvgIpc) is 2.48. The van der Waals surface area contributed by atoms with Gasteiger partial charge in [0, 0.05) is 19.5 Å². The largest absolute Gasteiger partial charge is 0.299 e. The highest BCUT2D eigenvalue weighted by atomic mass is 16.3. The number of hydrogen-bond acceptors (Lipinski definition) is 3. The Morgan fingerprint density at radius 1 is 1.26 bits per heavy atom. The molecule has 2 rings (SSSR count). The van der Waals surface area contributed by atoms with E-state index in [1.807, 2.05) is 37.3 Å². The van der Waals surface area contributed by atoms with Crippen LogP contribution >= 0.6 is 0 Å². The standard InChI is InChI=1S/C15H20N2O2/c1-2-6-14(18)15(13-7-4-3-5-8-13)9-11-17(16-19)12-10-15/h3-5,7-8H,2,6,9-12H2,1H3. The fraction of sp³-hybridized carbons (Fsp3) is 0.533. The van der Waals surface area contributed by atoms with Crippen LogP contribution in [0.3, 0.4) is 0 Å². The van der Waals surface area contributed by atoms with Crippen molar-refractivity contribution in [3.05, 3.63) is 40.8 Å². The van der Waals surface area contributed by atoms with Crippen LogP contribution in [0.1, 0.15) is 38.2 Å². The Morgan fingerprint density at radius 3 is 2.42 bits per heavy atom. The Kier molecular flexibility index (Phi) is 4.30. The molecule has 1 aromatic rings. The summed E-state index contributed by atoms with van der Waals surface area (Å²) in [6, 6.07) is 9.96. The van der Waals surface area contributed by atoms with Gasteiger partial charge in [0.15, 0.2) is 0 Å². The molecule has 0 amide bonds. The average molecular weight is 260 g/mol. The maximum absolute atomic E-state index is 12.6. The molecule has 1 aliphatic heterocycles. The molecule has 1 aromatic carbocycles. The Morgan fingerprint density at radius 2 is 1.89 bits per heavy atom. The molecule has 0 atom stereocenters. The normalized spacial score (nSPS) is 18.1. The molecule has 4 heteroatoms. The number of Topliss-reactive ketones (excluding diaryl/α,β-unsaturated/α-hetero) is 1. The van der Waals surface area contributed by atoms with E-state index in [1.54, 1.807) is 0 Å². The summed E-state index contributed by atoms with van der Waals surface area (Å²) in [5.41, 5.74) is 0.664. The summed E-state index contributed by atoms with van der Waals surface area (Å²) in [6.07, 6.45) is 2.83. The number of ketones is 1. The number of rotatable bonds is 5. The lowest BCUT2D eigenvalue weighted by Gasteiger charge is -2.39. The second kappa shape index (κ2) is 5.95. The van der Waals surface area contributed by atoms with E-state index in [0.29, 0.717) is 38.1 Å². The summed E-state index contributed by atoms with van der Waals surface area (Å²) in [4.78, 5) is 23.2. The van der Waals surface area contributed by atoms with E-state index < -0.39 is 5.41 Å². The first kappa shape index (κ1) is 13.7. The van der Waals surface area contributed by atoms with Crippen molar-refractivity contribution in [1.29, 1.82) is 0 Å². The predicted molar refractivity (Wildman–Crippen MR) is 74.6 cm³/mol. The molecule has 0 spiro atoms. The maximum atomic E-state index is 12.6. The van der Waals surface area contributed by atoms with Gasteiger partial charge in [-0.05, 0) is 24.8 Å². The number of piperidine rings is 1. The van der Waals surface area contributed by atoms with Crippen molar-refractivity contribution in [1.82, 2.24) is 5.01 Å². The van der Waals surface area contributed by atoms with Crippen LogP contribution in [0, 0.1) is 4.91 Å². The summed E-state index contributed by atoms with van der Waals surface area (Å²) in [5.74, 6) is 0.298. The Hall–Kier alpha value is -1.71. The van der Waals surface area contributed by atoms with E-state index in [4.69, 9.17) is 0 Å². The summed E-state index contributed by atoms with van der Waals surface area (Å²) >= 11 is 0. The number of nitroso groups, excluding NO2 is 1. The topological polar surface area (TPSA) is 49.7 Å². The van der Waals surface area contributed by atoms with Gasteiger partial charge in [0.25, 0.3) is 0 Å². The van der Waals surface area contributed by atoms with Gasteiger partial charge in [0.05, 0.1) is 10.7 Å². The highest BCUT2D eigenvalue weighted by Gasteiger charge is 2.41. The van der Waals surface area contributed by atoms with Crippen molar-refractivity contribution < 1.29 is 4.79 Å². The van der Waals surface area contributed by atoms with E-state index in [1.165, 1.54) is 5.01 Å². The van der Waals surface area contributed by atoms with Gasteiger partial charge < -0.3 is 0 Å². The third-order valence-corrected chi connectivity index (χ3v) is 4.05. The summed E-state index contributed by atoms with van der Waals surface area (Å²) in [6.45, 7) is 3.15. The van der Waals surface area contributed by atoms with Crippen molar-refractivity contribution in [2.24, 2.45) is 5.29 Å². The number of benzene rings is 1. The van der Waals surface area contributed by atoms with E-state index in [9.17, 15) is 9.70 Å². The van der Waals surface area contributed by atoms with Crippen LogP contribution in [-0.2, 0) is 10.2 Å². The zero-order valence-corrected chi connectivity index (χ0v) is 11.3. The number of hydrogen-bond donors (Lipinski definition) is 0. The van der Waals surface area contributed by atoms with Crippen LogP contribution in [0.15, 0.2) is 35.6 Å². The molecule has 1 aliphatic rings. The first-order valence-electron chi connectivity index (χ1n) is 6.90. The molecule has 0 unspecified atom stereocenters. The van der Waals surface area contributed by atoms with Crippen LogP contribution in [0.5, 0.6) is 0 Å². The first-order valence-corrected chi connectivity index (χ1v) is 6.90. The zero-order chi connectivity index (χ0) is 13.7. The molecule has 1 heterocycles. The maximum Gasteiger partial charge on any atom is 0.143 e. The first-order chi connectivity index (χ1) is 9.23. The number of carbonyl (C=O) groups is 1. The lowest BCUT2D eigenvalue weighted by molar-refractivity contribution is -0.126. The molecule has 19 heavy (non-hydrogen) atoms. The van der Waals surface area contributed by atoms with Crippen LogP contribution in [0.4, 0.5) is 0 Å². The van der Waals surface area contributed by atoms with Crippen molar-refractivity contribution >= 4 is 5.78 Å². The number of nitrogens with zero attached hydrogens (tertiary/aromatic N) is 2. The monoisotopic (exact) mass is 260 g/mol. The minimum absolute atomic E-state index is 0.298. The molecular formula is C15H20N2O2. The van der Waals surface area contributed by atoms with Crippen LogP contribution in [-0.4, -0.2) is 23.9 Å². The summed E-state index contributed by atoms with van der Waals surface area (Å²) in [7, 11) is 0. The SMILES string of the molecule is CCCC(=O)C1(c2ccccc2)CCN(N=O)CC1. The Balaban J connectivity index is 2.29. The second-order valence-electron chi connectivity index (χ2n) is 5.16. The third-order valence-electron chi connectivity index (χ3n) is 4.05. The summed E-state index contributed by atoms with van der Waals surface area (Å²) < 4.78 is 0. The smallest absolute Gasteiger partial charge is 0.143 e. The van der Waals surface area contributed by atoms with Gasteiger partial charge in [0.2, 0.25) is 0 Å². The fourth-order valence-electron chi connectivity index (χ4n) is 2.91. The Bertz CT molecular complexity index is 437. The van der Waals surface area contributed by atoms with Gasteiger partial charge >= 0.3 is 0 Å². The molecule has 1 saturated heterocycles. The summed E-state index contributed by atoms with van der Waals surface area (Å²) in [5, 5.41) is 4.50. The van der Waals surface area contributed by atoms with Gasteiger partial charge in [-0.2, -0.15) is 0 Å².